The van der Waals surface area contributed by atoms with Gasteiger partial charge in [0.1, 0.15) is 0 Å². The predicted octanol–water partition coefficient (Wildman–Crippen LogP) is 2.16. The van der Waals surface area contributed by atoms with E-state index >= 15 is 0 Å². The molecule has 1 heterocycles. The highest BCUT2D eigenvalue weighted by atomic mass is 79.9. The summed E-state index contributed by atoms with van der Waals surface area (Å²) in [6, 6.07) is 0. The molecule has 2 nitrogen and oxygen atoms in total. The Labute approximate surface area is 83.9 Å². The van der Waals surface area contributed by atoms with Crippen molar-refractivity contribution in [2.75, 3.05) is 23.9 Å². The predicted molar refractivity (Wildman–Crippen MR) is 51.4 cm³/mol. The van der Waals surface area contributed by atoms with Crippen molar-refractivity contribution in [2.24, 2.45) is 5.41 Å². The van der Waals surface area contributed by atoms with E-state index in [1.807, 2.05) is 6.92 Å². The van der Waals surface area contributed by atoms with Gasteiger partial charge in [0, 0.05) is 16.1 Å². The molecule has 1 aliphatic heterocycles. The summed E-state index contributed by atoms with van der Waals surface area (Å²) in [5.74, 6) is 0. The smallest absolute Gasteiger partial charge is 0.154 e. The van der Waals surface area contributed by atoms with Crippen LogP contribution in [0, 0.1) is 5.41 Å². The van der Waals surface area contributed by atoms with Gasteiger partial charge < -0.3 is 9.47 Å². The first kappa shape index (κ1) is 9.96. The van der Waals surface area contributed by atoms with E-state index in [1.165, 1.54) is 0 Å². The zero-order chi connectivity index (χ0) is 8.32. The van der Waals surface area contributed by atoms with Crippen LogP contribution in [0.1, 0.15) is 6.92 Å². The summed E-state index contributed by atoms with van der Waals surface area (Å²) in [5.41, 5.74) is 0.131. The standard InChI is InChI=1S/C7H12Br2O2/c1-6-10-4-7(2-8,3-9)5-11-6/h6H,2-5H2,1H3. The van der Waals surface area contributed by atoms with Crippen LogP contribution < -0.4 is 0 Å². The molecule has 0 unspecified atom stereocenters. The Kier molecular flexibility index (Phi) is 3.81. The molecular weight excluding hydrogens is 276 g/mol. The Bertz CT molecular complexity index is 116. The number of ether oxygens (including phenoxy) is 2. The van der Waals surface area contributed by atoms with E-state index in [4.69, 9.17) is 9.47 Å². The van der Waals surface area contributed by atoms with Crippen molar-refractivity contribution in [3.63, 3.8) is 0 Å². The Morgan fingerprint density at radius 2 is 1.73 bits per heavy atom. The van der Waals surface area contributed by atoms with Gasteiger partial charge in [-0.25, -0.2) is 0 Å². The van der Waals surface area contributed by atoms with Gasteiger partial charge >= 0.3 is 0 Å². The zero-order valence-corrected chi connectivity index (χ0v) is 9.65. The normalized spacial score (nSPS) is 25.4. The molecule has 0 bridgehead atoms. The highest BCUT2D eigenvalue weighted by Crippen LogP contribution is 2.28. The maximum Gasteiger partial charge on any atom is 0.154 e. The second-order valence-electron chi connectivity index (χ2n) is 2.96. The van der Waals surface area contributed by atoms with E-state index in [2.05, 4.69) is 31.9 Å². The maximum atomic E-state index is 5.39. The second-order valence-corrected chi connectivity index (χ2v) is 4.08. The van der Waals surface area contributed by atoms with E-state index in [0.717, 1.165) is 23.9 Å². The van der Waals surface area contributed by atoms with Crippen molar-refractivity contribution < 1.29 is 9.47 Å². The fourth-order valence-corrected chi connectivity index (χ4v) is 2.44. The SMILES string of the molecule is CC1OCC(CBr)(CBr)CO1. The van der Waals surface area contributed by atoms with Crippen LogP contribution in [0.25, 0.3) is 0 Å². The quantitative estimate of drug-likeness (QED) is 0.725. The zero-order valence-electron chi connectivity index (χ0n) is 6.48. The van der Waals surface area contributed by atoms with Crippen molar-refractivity contribution >= 4 is 31.9 Å². The molecule has 1 rings (SSSR count). The largest absolute Gasteiger partial charge is 0.352 e. The topological polar surface area (TPSA) is 18.5 Å². The Morgan fingerprint density at radius 1 is 1.27 bits per heavy atom. The van der Waals surface area contributed by atoms with Crippen molar-refractivity contribution in [3.05, 3.63) is 0 Å². The molecule has 1 aliphatic rings. The minimum absolute atomic E-state index is 0.0405. The summed E-state index contributed by atoms with van der Waals surface area (Å²) in [7, 11) is 0. The Hall–Kier alpha value is 0.880. The van der Waals surface area contributed by atoms with Gasteiger partial charge in [-0.3, -0.25) is 0 Å². The number of hydrogen-bond donors (Lipinski definition) is 0. The minimum Gasteiger partial charge on any atom is -0.352 e. The highest BCUT2D eigenvalue weighted by molar-refractivity contribution is 9.09. The molecule has 0 amide bonds. The van der Waals surface area contributed by atoms with Crippen LogP contribution >= 0.6 is 31.9 Å². The lowest BCUT2D eigenvalue weighted by Crippen LogP contribution is -2.43. The van der Waals surface area contributed by atoms with Gasteiger partial charge in [0.05, 0.1) is 13.2 Å². The molecule has 1 fully saturated rings. The van der Waals surface area contributed by atoms with E-state index in [1.54, 1.807) is 0 Å². The summed E-state index contributed by atoms with van der Waals surface area (Å²) in [6.07, 6.45) is -0.0405. The van der Waals surface area contributed by atoms with E-state index in [0.29, 0.717) is 0 Å². The van der Waals surface area contributed by atoms with Gasteiger partial charge in [-0.2, -0.15) is 0 Å². The molecular formula is C7H12Br2O2. The highest BCUT2D eigenvalue weighted by Gasteiger charge is 2.33. The van der Waals surface area contributed by atoms with Gasteiger partial charge in [-0.1, -0.05) is 31.9 Å². The molecule has 11 heavy (non-hydrogen) atoms. The summed E-state index contributed by atoms with van der Waals surface area (Å²) in [6.45, 7) is 3.46. The molecule has 0 aliphatic carbocycles. The van der Waals surface area contributed by atoms with E-state index in [9.17, 15) is 0 Å². The Morgan fingerprint density at radius 3 is 2.09 bits per heavy atom. The number of halogens is 2. The lowest BCUT2D eigenvalue weighted by molar-refractivity contribution is -0.209. The summed E-state index contributed by atoms with van der Waals surface area (Å²) >= 11 is 6.92. The molecule has 0 saturated carbocycles. The Balaban J connectivity index is 2.45. The van der Waals surface area contributed by atoms with Crippen LogP contribution in [0.2, 0.25) is 0 Å². The van der Waals surface area contributed by atoms with Crippen LogP contribution in [-0.2, 0) is 9.47 Å². The lowest BCUT2D eigenvalue weighted by atomic mass is 9.95. The van der Waals surface area contributed by atoms with Gasteiger partial charge in [-0.05, 0) is 6.92 Å². The van der Waals surface area contributed by atoms with Crippen molar-refractivity contribution in [2.45, 2.75) is 13.2 Å². The van der Waals surface area contributed by atoms with Crippen LogP contribution in [0.4, 0.5) is 0 Å². The van der Waals surface area contributed by atoms with Gasteiger partial charge in [0.15, 0.2) is 6.29 Å². The number of rotatable bonds is 2. The van der Waals surface area contributed by atoms with Crippen LogP contribution in [0.15, 0.2) is 0 Å². The van der Waals surface area contributed by atoms with Crippen LogP contribution in [-0.4, -0.2) is 30.2 Å². The van der Waals surface area contributed by atoms with Crippen molar-refractivity contribution in [3.8, 4) is 0 Å². The minimum atomic E-state index is -0.0405. The summed E-state index contributed by atoms with van der Waals surface area (Å²) < 4.78 is 10.8. The molecule has 0 radical (unpaired) electrons. The van der Waals surface area contributed by atoms with E-state index in [-0.39, 0.29) is 11.7 Å². The molecule has 0 atom stereocenters. The molecule has 0 aromatic rings. The third-order valence-corrected chi connectivity index (χ3v) is 4.19. The van der Waals surface area contributed by atoms with Gasteiger partial charge in [-0.15, -0.1) is 0 Å². The van der Waals surface area contributed by atoms with E-state index < -0.39 is 0 Å². The molecule has 0 aromatic carbocycles. The van der Waals surface area contributed by atoms with Crippen LogP contribution in [0.5, 0.6) is 0 Å². The fourth-order valence-electron chi connectivity index (χ4n) is 0.868. The van der Waals surface area contributed by atoms with Crippen LogP contribution in [0.3, 0.4) is 0 Å². The fraction of sp³-hybridized carbons (Fsp3) is 1.00. The van der Waals surface area contributed by atoms with Gasteiger partial charge in [0.2, 0.25) is 0 Å². The molecule has 0 aromatic heterocycles. The monoisotopic (exact) mass is 286 g/mol. The first-order valence-corrected chi connectivity index (χ1v) is 5.82. The number of alkyl halides is 2. The molecule has 1 saturated heterocycles. The lowest BCUT2D eigenvalue weighted by Gasteiger charge is -2.36. The average Bonchev–Trinajstić information content (AvgIpc) is 2.07. The first-order chi connectivity index (χ1) is 5.22. The first-order valence-electron chi connectivity index (χ1n) is 3.57. The summed E-state index contributed by atoms with van der Waals surface area (Å²) in [5, 5.41) is 1.83. The summed E-state index contributed by atoms with van der Waals surface area (Å²) in [4.78, 5) is 0. The third kappa shape index (κ3) is 2.41. The molecule has 4 heteroatoms. The third-order valence-electron chi connectivity index (χ3n) is 1.82. The van der Waals surface area contributed by atoms with Crippen molar-refractivity contribution in [1.29, 1.82) is 0 Å². The molecule has 0 N–H and O–H groups in total. The maximum absolute atomic E-state index is 5.39. The average molecular weight is 288 g/mol. The number of hydrogen-bond acceptors (Lipinski definition) is 2. The molecule has 66 valence electrons. The van der Waals surface area contributed by atoms with Crippen molar-refractivity contribution in [1.82, 2.24) is 0 Å². The van der Waals surface area contributed by atoms with Gasteiger partial charge in [0.25, 0.3) is 0 Å². The molecule has 0 spiro atoms. The second kappa shape index (κ2) is 4.21.